The number of carbonyl (C=O) groups excluding carboxylic acids is 2. The third kappa shape index (κ3) is 5.45. The maximum absolute atomic E-state index is 12.7. The molecule has 1 aliphatic heterocycles. The van der Waals surface area contributed by atoms with Crippen LogP contribution in [0.25, 0.3) is 0 Å². The van der Waals surface area contributed by atoms with Crippen LogP contribution in [0, 0.1) is 11.3 Å². The molecular weight excluding hydrogens is 354 g/mol. The molecule has 0 saturated carbocycles. The Kier molecular flexibility index (Phi) is 5.95. The number of para-hydroxylation sites is 2. The van der Waals surface area contributed by atoms with Crippen LogP contribution in [0.1, 0.15) is 33.6 Å². The number of benzene rings is 1. The Labute approximate surface area is 155 Å². The summed E-state index contributed by atoms with van der Waals surface area (Å²) >= 11 is 0. The number of rotatable bonds is 4. The van der Waals surface area contributed by atoms with Crippen molar-refractivity contribution >= 4 is 33.2 Å². The van der Waals surface area contributed by atoms with Crippen molar-refractivity contribution in [2.75, 3.05) is 29.4 Å². The zero-order valence-electron chi connectivity index (χ0n) is 15.7. The Morgan fingerprint density at radius 3 is 2.35 bits per heavy atom. The summed E-state index contributed by atoms with van der Waals surface area (Å²) in [6.07, 6.45) is 2.52. The number of sulfonamides is 1. The van der Waals surface area contributed by atoms with Crippen LogP contribution in [-0.4, -0.2) is 44.5 Å². The van der Waals surface area contributed by atoms with Gasteiger partial charge < -0.3 is 10.2 Å². The number of anilines is 2. The van der Waals surface area contributed by atoms with E-state index in [0.717, 1.165) is 12.7 Å². The third-order valence-corrected chi connectivity index (χ3v) is 4.79. The first-order chi connectivity index (χ1) is 12.0. The number of carbonyl (C=O) groups is 2. The Morgan fingerprint density at radius 1 is 1.15 bits per heavy atom. The van der Waals surface area contributed by atoms with Crippen LogP contribution >= 0.6 is 0 Å². The van der Waals surface area contributed by atoms with Crippen molar-refractivity contribution in [2.45, 2.75) is 33.6 Å². The summed E-state index contributed by atoms with van der Waals surface area (Å²) in [5, 5.41) is 2.80. The van der Waals surface area contributed by atoms with Gasteiger partial charge in [0.05, 0.1) is 23.5 Å². The van der Waals surface area contributed by atoms with Crippen molar-refractivity contribution in [1.82, 2.24) is 4.90 Å². The summed E-state index contributed by atoms with van der Waals surface area (Å²) in [5.41, 5.74) is 0.244. The lowest BCUT2D eigenvalue weighted by atomic mass is 9.91. The monoisotopic (exact) mass is 381 g/mol. The first-order valence-electron chi connectivity index (χ1n) is 8.64. The lowest BCUT2D eigenvalue weighted by molar-refractivity contribution is -0.142. The number of hydrogen-bond acceptors (Lipinski definition) is 4. The molecule has 26 heavy (non-hydrogen) atoms. The van der Waals surface area contributed by atoms with Crippen LogP contribution in [0.4, 0.5) is 11.4 Å². The van der Waals surface area contributed by atoms with Gasteiger partial charge in [-0.05, 0) is 25.0 Å². The second-order valence-electron chi connectivity index (χ2n) is 7.75. The molecule has 0 spiro atoms. The minimum atomic E-state index is -3.45. The zero-order valence-corrected chi connectivity index (χ0v) is 16.5. The fourth-order valence-corrected chi connectivity index (χ4v) is 3.54. The molecule has 1 heterocycles. The van der Waals surface area contributed by atoms with E-state index in [1.807, 2.05) is 20.8 Å². The van der Waals surface area contributed by atoms with E-state index in [-0.39, 0.29) is 17.7 Å². The van der Waals surface area contributed by atoms with Gasteiger partial charge in [0.1, 0.15) is 0 Å². The number of piperidine rings is 1. The molecular formula is C18H27N3O4S. The number of nitrogens with zero attached hydrogens (tertiary/aromatic N) is 1. The normalized spacial score (nSPS) is 18.3. The standard InChI is InChI=1S/C18H27N3O4S/c1-18(2,3)17(23)21-11-7-8-13(12-21)16(22)19-14-9-5-6-10-15(14)20-26(4,24)25/h5-6,9-10,13,20H,7-8,11-12H2,1-4H3,(H,19,22). The van der Waals surface area contributed by atoms with E-state index in [1.54, 1.807) is 29.2 Å². The molecule has 1 fully saturated rings. The second kappa shape index (κ2) is 7.65. The minimum absolute atomic E-state index is 0.0362. The van der Waals surface area contributed by atoms with Crippen molar-refractivity contribution in [3.8, 4) is 0 Å². The van der Waals surface area contributed by atoms with Crippen LogP contribution in [0.3, 0.4) is 0 Å². The topological polar surface area (TPSA) is 95.6 Å². The van der Waals surface area contributed by atoms with Crippen LogP contribution in [-0.2, 0) is 19.6 Å². The van der Waals surface area contributed by atoms with Crippen molar-refractivity contribution in [2.24, 2.45) is 11.3 Å². The Balaban J connectivity index is 2.10. The molecule has 2 amide bonds. The molecule has 0 radical (unpaired) electrons. The Morgan fingerprint density at radius 2 is 1.77 bits per heavy atom. The second-order valence-corrected chi connectivity index (χ2v) is 9.50. The van der Waals surface area contributed by atoms with E-state index >= 15 is 0 Å². The highest BCUT2D eigenvalue weighted by molar-refractivity contribution is 7.92. The number of likely N-dealkylation sites (tertiary alicyclic amines) is 1. The van der Waals surface area contributed by atoms with Crippen LogP contribution in [0.5, 0.6) is 0 Å². The average Bonchev–Trinajstić information content (AvgIpc) is 2.54. The molecule has 1 aromatic carbocycles. The first-order valence-corrected chi connectivity index (χ1v) is 10.5. The van der Waals surface area contributed by atoms with Gasteiger partial charge in [-0.2, -0.15) is 0 Å². The van der Waals surface area contributed by atoms with Crippen LogP contribution in [0.15, 0.2) is 24.3 Å². The molecule has 0 aliphatic carbocycles. The summed E-state index contributed by atoms with van der Waals surface area (Å²) in [6, 6.07) is 6.65. The highest BCUT2D eigenvalue weighted by atomic mass is 32.2. The SMILES string of the molecule is CC(C)(C)C(=O)N1CCCC(C(=O)Nc2ccccc2NS(C)(=O)=O)C1. The number of hydrogen-bond donors (Lipinski definition) is 2. The zero-order chi connectivity index (χ0) is 19.5. The van der Waals surface area contributed by atoms with Gasteiger partial charge in [-0.3, -0.25) is 14.3 Å². The first kappa shape index (κ1) is 20.2. The molecule has 8 heteroatoms. The molecule has 1 atom stereocenters. The summed E-state index contributed by atoms with van der Waals surface area (Å²) in [7, 11) is -3.45. The molecule has 1 saturated heterocycles. The molecule has 1 unspecified atom stereocenters. The van der Waals surface area contributed by atoms with E-state index < -0.39 is 15.4 Å². The summed E-state index contributed by atoms with van der Waals surface area (Å²) < 4.78 is 25.4. The predicted octanol–water partition coefficient (Wildman–Crippen LogP) is 2.28. The molecule has 0 aromatic heterocycles. The van der Waals surface area contributed by atoms with Gasteiger partial charge in [-0.15, -0.1) is 0 Å². The quantitative estimate of drug-likeness (QED) is 0.836. The summed E-state index contributed by atoms with van der Waals surface area (Å²) in [5.74, 6) is -0.491. The van der Waals surface area contributed by atoms with E-state index in [0.29, 0.717) is 30.9 Å². The largest absolute Gasteiger partial charge is 0.341 e. The highest BCUT2D eigenvalue weighted by Gasteiger charge is 2.33. The van der Waals surface area contributed by atoms with Gasteiger partial charge in [0.25, 0.3) is 0 Å². The molecule has 2 rings (SSSR count). The minimum Gasteiger partial charge on any atom is -0.341 e. The third-order valence-electron chi connectivity index (χ3n) is 4.20. The van der Waals surface area contributed by atoms with Gasteiger partial charge >= 0.3 is 0 Å². The summed E-state index contributed by atoms with van der Waals surface area (Å²) in [6.45, 7) is 6.64. The van der Waals surface area contributed by atoms with Gasteiger partial charge in [0.2, 0.25) is 21.8 Å². The summed E-state index contributed by atoms with van der Waals surface area (Å²) in [4.78, 5) is 26.9. The fourth-order valence-electron chi connectivity index (χ4n) is 2.97. The molecule has 2 N–H and O–H groups in total. The van der Waals surface area contributed by atoms with Crippen molar-refractivity contribution in [1.29, 1.82) is 0 Å². The highest BCUT2D eigenvalue weighted by Crippen LogP contribution is 2.26. The van der Waals surface area contributed by atoms with Crippen molar-refractivity contribution in [3.63, 3.8) is 0 Å². The van der Waals surface area contributed by atoms with Gasteiger partial charge in [0, 0.05) is 18.5 Å². The van der Waals surface area contributed by atoms with E-state index in [4.69, 9.17) is 0 Å². The van der Waals surface area contributed by atoms with Gasteiger partial charge in [-0.1, -0.05) is 32.9 Å². The molecule has 144 valence electrons. The molecule has 1 aromatic rings. The van der Waals surface area contributed by atoms with Crippen molar-refractivity contribution in [3.05, 3.63) is 24.3 Å². The van der Waals surface area contributed by atoms with Crippen LogP contribution < -0.4 is 10.0 Å². The lowest BCUT2D eigenvalue weighted by Crippen LogP contribution is -2.47. The number of nitrogens with one attached hydrogen (secondary N) is 2. The predicted molar refractivity (Wildman–Crippen MR) is 102 cm³/mol. The van der Waals surface area contributed by atoms with Gasteiger partial charge in [-0.25, -0.2) is 8.42 Å². The molecule has 0 bridgehead atoms. The lowest BCUT2D eigenvalue weighted by Gasteiger charge is -2.36. The Bertz CT molecular complexity index is 784. The number of amides is 2. The fraction of sp³-hybridized carbons (Fsp3) is 0.556. The Hall–Kier alpha value is -2.09. The molecule has 1 aliphatic rings. The van der Waals surface area contributed by atoms with Crippen LogP contribution in [0.2, 0.25) is 0 Å². The van der Waals surface area contributed by atoms with E-state index in [9.17, 15) is 18.0 Å². The smallest absolute Gasteiger partial charge is 0.229 e. The maximum Gasteiger partial charge on any atom is 0.229 e. The molecule has 7 nitrogen and oxygen atoms in total. The van der Waals surface area contributed by atoms with Crippen molar-refractivity contribution < 1.29 is 18.0 Å². The average molecular weight is 381 g/mol. The maximum atomic E-state index is 12.7. The van der Waals surface area contributed by atoms with Gasteiger partial charge in [0.15, 0.2) is 0 Å². The van der Waals surface area contributed by atoms with E-state index in [1.165, 1.54) is 0 Å². The van der Waals surface area contributed by atoms with E-state index in [2.05, 4.69) is 10.0 Å².